The zero-order valence-corrected chi connectivity index (χ0v) is 8.65. The lowest BCUT2D eigenvalue weighted by atomic mass is 10.3. The molecule has 5 heteroatoms. The minimum absolute atomic E-state index is 0.328. The maximum absolute atomic E-state index is 9.15. The van der Waals surface area contributed by atoms with Gasteiger partial charge in [0.25, 0.3) is 0 Å². The molecule has 0 amide bonds. The van der Waals surface area contributed by atoms with Crippen molar-refractivity contribution in [2.45, 2.75) is 13.0 Å². The van der Waals surface area contributed by atoms with E-state index in [9.17, 15) is 0 Å². The molecule has 1 heterocycles. The molecule has 1 nitrogen and oxygen atoms in total. The van der Waals surface area contributed by atoms with Crippen LogP contribution in [0.15, 0.2) is 0 Å². The Morgan fingerprint density at radius 1 is 1.27 bits per heavy atom. The summed E-state index contributed by atoms with van der Waals surface area (Å²) in [6, 6.07) is 0. The first-order valence-electron chi connectivity index (χ1n) is 2.85. The van der Waals surface area contributed by atoms with Crippen LogP contribution in [0, 0.1) is 0 Å². The molecule has 0 aliphatic carbocycles. The van der Waals surface area contributed by atoms with Crippen LogP contribution >= 0.6 is 46.1 Å². The summed E-state index contributed by atoms with van der Waals surface area (Å²) in [5.41, 5.74) is 0. The molecule has 0 saturated heterocycles. The van der Waals surface area contributed by atoms with Crippen LogP contribution in [0.5, 0.6) is 0 Å². The van der Waals surface area contributed by atoms with E-state index in [0.29, 0.717) is 19.3 Å². The highest BCUT2D eigenvalue weighted by molar-refractivity contribution is 7.17. The number of hydrogen-bond donors (Lipinski definition) is 1. The highest BCUT2D eigenvalue weighted by Gasteiger charge is 2.16. The van der Waals surface area contributed by atoms with E-state index in [1.54, 1.807) is 6.92 Å². The molecule has 1 rings (SSSR count). The molecule has 0 bridgehead atoms. The Bertz CT molecular complexity index is 269. The molecular formula is C6H5Cl3OS. The summed E-state index contributed by atoms with van der Waals surface area (Å²) in [6.07, 6.45) is -0.613. The lowest BCUT2D eigenvalue weighted by Gasteiger charge is -1.98. The van der Waals surface area contributed by atoms with Gasteiger partial charge < -0.3 is 5.11 Å². The second-order valence-electron chi connectivity index (χ2n) is 2.04. The average molecular weight is 232 g/mol. The van der Waals surface area contributed by atoms with Crippen LogP contribution in [0.4, 0.5) is 0 Å². The Morgan fingerprint density at radius 3 is 2.00 bits per heavy atom. The first-order chi connectivity index (χ1) is 5.04. The van der Waals surface area contributed by atoms with Crippen LogP contribution in [0.25, 0.3) is 0 Å². The molecule has 0 spiro atoms. The molecule has 0 fully saturated rings. The number of aliphatic hydroxyl groups is 1. The summed E-state index contributed by atoms with van der Waals surface area (Å²) in [7, 11) is 0. The summed E-state index contributed by atoms with van der Waals surface area (Å²) in [5, 5.41) is 9.84. The second-order valence-corrected chi connectivity index (χ2v) is 4.45. The van der Waals surface area contributed by atoms with Crippen LogP contribution < -0.4 is 0 Å². The third kappa shape index (κ3) is 1.82. The standard InChI is InChI=1S/C6H5Cl3OS/c1-2(10)5-3(7)4(8)6(9)11-5/h2,10H,1H3. The van der Waals surface area contributed by atoms with Crippen molar-refractivity contribution in [3.05, 3.63) is 19.3 Å². The molecule has 1 N–H and O–H groups in total. The van der Waals surface area contributed by atoms with E-state index in [4.69, 9.17) is 39.9 Å². The molecule has 0 aromatic carbocycles. The Kier molecular flexibility index (Phi) is 3.06. The smallest absolute Gasteiger partial charge is 0.113 e. The van der Waals surface area contributed by atoms with Crippen molar-refractivity contribution in [2.24, 2.45) is 0 Å². The molecule has 0 radical (unpaired) electrons. The van der Waals surface area contributed by atoms with E-state index >= 15 is 0 Å². The summed E-state index contributed by atoms with van der Waals surface area (Å²) in [6.45, 7) is 1.62. The second kappa shape index (κ2) is 3.50. The fraction of sp³-hybridized carbons (Fsp3) is 0.333. The Hall–Kier alpha value is 0.530. The van der Waals surface area contributed by atoms with Gasteiger partial charge in [0, 0.05) is 0 Å². The van der Waals surface area contributed by atoms with Crippen molar-refractivity contribution in [1.82, 2.24) is 0 Å². The lowest BCUT2D eigenvalue weighted by molar-refractivity contribution is 0.203. The summed E-state index contributed by atoms with van der Waals surface area (Å²) < 4.78 is 0.424. The number of hydrogen-bond acceptors (Lipinski definition) is 2. The number of aliphatic hydroxyl groups excluding tert-OH is 1. The van der Waals surface area contributed by atoms with E-state index in [1.807, 2.05) is 0 Å². The SMILES string of the molecule is CC(O)c1sc(Cl)c(Cl)c1Cl. The first-order valence-corrected chi connectivity index (χ1v) is 4.80. The predicted molar refractivity (Wildman–Crippen MR) is 50.0 cm³/mol. The maximum Gasteiger partial charge on any atom is 0.113 e. The van der Waals surface area contributed by atoms with E-state index in [1.165, 1.54) is 11.3 Å². The molecule has 0 aliphatic rings. The van der Waals surface area contributed by atoms with E-state index in [2.05, 4.69) is 0 Å². The van der Waals surface area contributed by atoms with Crippen LogP contribution in [-0.4, -0.2) is 5.11 Å². The molecule has 1 aromatic heterocycles. The fourth-order valence-corrected chi connectivity index (χ4v) is 2.49. The first kappa shape index (κ1) is 9.62. The number of thiophene rings is 1. The van der Waals surface area contributed by atoms with E-state index in [0.717, 1.165) is 0 Å². The monoisotopic (exact) mass is 230 g/mol. The van der Waals surface area contributed by atoms with Gasteiger partial charge in [-0.15, -0.1) is 11.3 Å². The Labute approximate surface area is 83.5 Å². The number of rotatable bonds is 1. The van der Waals surface area contributed by atoms with Gasteiger partial charge in [-0.05, 0) is 6.92 Å². The predicted octanol–water partition coefficient (Wildman–Crippen LogP) is 3.76. The van der Waals surface area contributed by atoms with E-state index < -0.39 is 6.10 Å². The minimum Gasteiger partial charge on any atom is -0.388 e. The van der Waals surface area contributed by atoms with Gasteiger partial charge in [0.2, 0.25) is 0 Å². The number of halogens is 3. The van der Waals surface area contributed by atoms with Crippen molar-refractivity contribution >= 4 is 46.1 Å². The third-order valence-electron chi connectivity index (χ3n) is 1.16. The van der Waals surface area contributed by atoms with Crippen molar-refractivity contribution in [3.63, 3.8) is 0 Å². The van der Waals surface area contributed by atoms with Gasteiger partial charge in [0.05, 0.1) is 21.0 Å². The van der Waals surface area contributed by atoms with Gasteiger partial charge in [0.1, 0.15) is 4.34 Å². The van der Waals surface area contributed by atoms with Gasteiger partial charge in [-0.3, -0.25) is 0 Å². The topological polar surface area (TPSA) is 20.2 Å². The normalized spacial score (nSPS) is 13.5. The van der Waals surface area contributed by atoms with Gasteiger partial charge in [-0.2, -0.15) is 0 Å². The molecule has 1 aromatic rings. The summed E-state index contributed by atoms with van der Waals surface area (Å²) in [5.74, 6) is 0. The Morgan fingerprint density at radius 2 is 1.82 bits per heavy atom. The Balaban J connectivity index is 3.19. The zero-order chi connectivity index (χ0) is 8.59. The minimum atomic E-state index is -0.613. The van der Waals surface area contributed by atoms with Gasteiger partial charge in [0.15, 0.2) is 0 Å². The van der Waals surface area contributed by atoms with Crippen molar-refractivity contribution in [2.75, 3.05) is 0 Å². The molecule has 62 valence electrons. The third-order valence-corrected chi connectivity index (χ3v) is 3.92. The molecule has 11 heavy (non-hydrogen) atoms. The maximum atomic E-state index is 9.15. The van der Waals surface area contributed by atoms with Crippen LogP contribution in [0.1, 0.15) is 17.9 Å². The largest absolute Gasteiger partial charge is 0.388 e. The fourth-order valence-electron chi connectivity index (χ4n) is 0.649. The quantitative estimate of drug-likeness (QED) is 0.780. The van der Waals surface area contributed by atoms with Crippen LogP contribution in [0.3, 0.4) is 0 Å². The molecule has 0 saturated carbocycles. The van der Waals surface area contributed by atoms with Crippen molar-refractivity contribution in [1.29, 1.82) is 0 Å². The molecule has 1 unspecified atom stereocenters. The van der Waals surface area contributed by atoms with Crippen LogP contribution in [0.2, 0.25) is 14.4 Å². The van der Waals surface area contributed by atoms with Gasteiger partial charge in [-0.1, -0.05) is 34.8 Å². The van der Waals surface area contributed by atoms with Gasteiger partial charge >= 0.3 is 0 Å². The van der Waals surface area contributed by atoms with Crippen LogP contribution in [-0.2, 0) is 0 Å². The van der Waals surface area contributed by atoms with E-state index in [-0.39, 0.29) is 0 Å². The van der Waals surface area contributed by atoms with Gasteiger partial charge in [-0.25, -0.2) is 0 Å². The molecule has 0 aliphatic heterocycles. The highest BCUT2D eigenvalue weighted by Crippen LogP contribution is 2.42. The lowest BCUT2D eigenvalue weighted by Crippen LogP contribution is -1.85. The summed E-state index contributed by atoms with van der Waals surface area (Å²) >= 11 is 18.3. The zero-order valence-electron chi connectivity index (χ0n) is 5.57. The summed E-state index contributed by atoms with van der Waals surface area (Å²) in [4.78, 5) is 0.613. The molecular weight excluding hydrogens is 226 g/mol. The van der Waals surface area contributed by atoms with Crippen molar-refractivity contribution in [3.8, 4) is 0 Å². The van der Waals surface area contributed by atoms with Crippen molar-refractivity contribution < 1.29 is 5.11 Å². The molecule has 1 atom stereocenters. The average Bonchev–Trinajstić information content (AvgIpc) is 2.17. The highest BCUT2D eigenvalue weighted by atomic mass is 35.5.